The van der Waals surface area contributed by atoms with Crippen LogP contribution in [0.2, 0.25) is 0 Å². The van der Waals surface area contributed by atoms with E-state index in [1.807, 2.05) is 0 Å². The van der Waals surface area contributed by atoms with Gasteiger partial charge in [0.05, 0.1) is 23.3 Å². The highest BCUT2D eigenvalue weighted by Crippen LogP contribution is 2.17. The lowest BCUT2D eigenvalue weighted by atomic mass is 10.2. The number of nitrogens with zero attached hydrogens (tertiary/aromatic N) is 4. The van der Waals surface area contributed by atoms with Crippen LogP contribution in [0.3, 0.4) is 0 Å². The number of carbonyl (C=O) groups excluding carboxylic acids is 1. The molecular weight excluding hydrogens is 328 g/mol. The van der Waals surface area contributed by atoms with E-state index in [0.29, 0.717) is 37.1 Å². The first kappa shape index (κ1) is 14.8. The van der Waals surface area contributed by atoms with Crippen molar-refractivity contribution < 1.29 is 9.21 Å². The summed E-state index contributed by atoms with van der Waals surface area (Å²) in [6.45, 7) is 2.45. The van der Waals surface area contributed by atoms with Gasteiger partial charge in [-0.2, -0.15) is 8.75 Å². The summed E-state index contributed by atoms with van der Waals surface area (Å²) in [5.74, 6) is 0.667. The molecule has 7 nitrogen and oxygen atoms in total. The zero-order valence-electron chi connectivity index (χ0n) is 12.7. The molecule has 122 valence electrons. The molecule has 0 radical (unpaired) electrons. The maximum Gasteiger partial charge on any atom is 0.289 e. The predicted octanol–water partition coefficient (Wildman–Crippen LogP) is 1.61. The first-order chi connectivity index (χ1) is 11.7. The van der Waals surface area contributed by atoms with Crippen molar-refractivity contribution in [3.8, 4) is 0 Å². The molecule has 0 saturated carbocycles. The van der Waals surface area contributed by atoms with Crippen molar-refractivity contribution in [1.29, 1.82) is 0 Å². The second-order valence-electron chi connectivity index (χ2n) is 5.52. The molecule has 1 aliphatic rings. The molecule has 8 heteroatoms. The molecule has 1 aliphatic heterocycles. The quantitative estimate of drug-likeness (QED) is 0.704. The zero-order chi connectivity index (χ0) is 16.5. The second kappa shape index (κ2) is 6.04. The third-order valence-electron chi connectivity index (χ3n) is 4.09. The topological polar surface area (TPSA) is 79.5 Å². The average molecular weight is 342 g/mol. The van der Waals surface area contributed by atoms with E-state index in [0.717, 1.165) is 5.82 Å². The monoisotopic (exact) mass is 342 g/mol. The third kappa shape index (κ3) is 2.65. The van der Waals surface area contributed by atoms with Crippen LogP contribution >= 0.6 is 11.7 Å². The van der Waals surface area contributed by atoms with Gasteiger partial charge < -0.3 is 14.2 Å². The molecule has 1 aromatic carbocycles. The fourth-order valence-corrected chi connectivity index (χ4v) is 3.24. The lowest BCUT2D eigenvalue weighted by Gasteiger charge is -2.34. The van der Waals surface area contributed by atoms with Gasteiger partial charge in [-0.25, -0.2) is 0 Å². The standard InChI is InChI=1S/C16H14N4O3S/c21-12-9-14(23-13-4-2-1-3-11(12)13)16(22)20-7-5-19(6-8-20)15-10-17-24-18-15/h1-4,9-10H,5-8H2. The fraction of sp³-hybridized carbons (Fsp3) is 0.250. The van der Waals surface area contributed by atoms with Gasteiger partial charge in [-0.3, -0.25) is 9.59 Å². The molecule has 1 saturated heterocycles. The molecule has 1 amide bonds. The van der Waals surface area contributed by atoms with Crippen LogP contribution < -0.4 is 10.3 Å². The molecule has 0 spiro atoms. The van der Waals surface area contributed by atoms with Crippen LogP contribution in [0.15, 0.2) is 45.7 Å². The lowest BCUT2D eigenvalue weighted by Crippen LogP contribution is -2.49. The molecular formula is C16H14N4O3S. The molecule has 0 atom stereocenters. The molecule has 0 bridgehead atoms. The molecule has 24 heavy (non-hydrogen) atoms. The summed E-state index contributed by atoms with van der Waals surface area (Å²) in [5.41, 5.74) is 0.230. The van der Waals surface area contributed by atoms with Crippen LogP contribution in [0.5, 0.6) is 0 Å². The van der Waals surface area contributed by atoms with E-state index >= 15 is 0 Å². The Labute approximate surface area is 141 Å². The number of rotatable bonds is 2. The number of aromatic nitrogens is 2. The Hall–Kier alpha value is -2.74. The first-order valence-electron chi connectivity index (χ1n) is 7.57. The average Bonchev–Trinajstić information content (AvgIpc) is 3.16. The van der Waals surface area contributed by atoms with Crippen molar-refractivity contribution >= 4 is 34.4 Å². The van der Waals surface area contributed by atoms with E-state index in [2.05, 4.69) is 13.6 Å². The Morgan fingerprint density at radius 1 is 1.17 bits per heavy atom. The van der Waals surface area contributed by atoms with Crippen molar-refractivity contribution in [3.63, 3.8) is 0 Å². The summed E-state index contributed by atoms with van der Waals surface area (Å²) < 4.78 is 13.8. The SMILES string of the molecule is O=C(c1cc(=O)c2ccccc2o1)N1CCN(c2cnsn2)CC1. The van der Waals surface area contributed by atoms with Gasteiger partial charge in [0.1, 0.15) is 5.58 Å². The van der Waals surface area contributed by atoms with Gasteiger partial charge in [-0.1, -0.05) is 12.1 Å². The number of amides is 1. The van der Waals surface area contributed by atoms with Gasteiger partial charge in [0, 0.05) is 32.2 Å². The Morgan fingerprint density at radius 3 is 2.71 bits per heavy atom. The Bertz CT molecular complexity index is 930. The Balaban J connectivity index is 1.53. The Morgan fingerprint density at radius 2 is 1.96 bits per heavy atom. The van der Waals surface area contributed by atoms with Crippen LogP contribution in [0.1, 0.15) is 10.6 Å². The number of piperazine rings is 1. The normalized spacial score (nSPS) is 15.0. The van der Waals surface area contributed by atoms with Gasteiger partial charge in [0.25, 0.3) is 5.91 Å². The minimum Gasteiger partial charge on any atom is -0.451 e. The van der Waals surface area contributed by atoms with Crippen molar-refractivity contribution in [2.45, 2.75) is 0 Å². The van der Waals surface area contributed by atoms with Crippen molar-refractivity contribution in [2.24, 2.45) is 0 Å². The molecule has 1 fully saturated rings. The van der Waals surface area contributed by atoms with Gasteiger partial charge in [-0.05, 0) is 12.1 Å². The van der Waals surface area contributed by atoms with E-state index in [1.165, 1.54) is 17.8 Å². The van der Waals surface area contributed by atoms with Crippen LogP contribution in [-0.4, -0.2) is 45.7 Å². The summed E-state index contributed by atoms with van der Waals surface area (Å²) in [4.78, 5) is 28.6. The van der Waals surface area contributed by atoms with E-state index in [1.54, 1.807) is 35.4 Å². The summed E-state index contributed by atoms with van der Waals surface area (Å²) in [5, 5.41) is 0.481. The molecule has 0 unspecified atom stereocenters. The van der Waals surface area contributed by atoms with Crippen LogP contribution in [-0.2, 0) is 0 Å². The minimum absolute atomic E-state index is 0.0856. The number of carbonyl (C=O) groups is 1. The van der Waals surface area contributed by atoms with Crippen molar-refractivity contribution in [1.82, 2.24) is 13.6 Å². The summed E-state index contributed by atoms with van der Waals surface area (Å²) in [7, 11) is 0. The van der Waals surface area contributed by atoms with Crippen LogP contribution in [0.4, 0.5) is 5.82 Å². The summed E-state index contributed by atoms with van der Waals surface area (Å²) >= 11 is 1.17. The summed E-state index contributed by atoms with van der Waals surface area (Å²) in [6.07, 6.45) is 1.73. The maximum absolute atomic E-state index is 12.6. The van der Waals surface area contributed by atoms with Crippen LogP contribution in [0, 0.1) is 0 Å². The van der Waals surface area contributed by atoms with Gasteiger partial charge in [-0.15, -0.1) is 0 Å². The predicted molar refractivity (Wildman–Crippen MR) is 90.5 cm³/mol. The number of para-hydroxylation sites is 1. The number of benzene rings is 1. The lowest BCUT2D eigenvalue weighted by molar-refractivity contribution is 0.0715. The van der Waals surface area contributed by atoms with E-state index in [9.17, 15) is 9.59 Å². The third-order valence-corrected chi connectivity index (χ3v) is 4.55. The van der Waals surface area contributed by atoms with Gasteiger partial charge in [0.15, 0.2) is 17.0 Å². The number of anilines is 1. The first-order valence-corrected chi connectivity index (χ1v) is 8.30. The highest BCUT2D eigenvalue weighted by atomic mass is 32.1. The van der Waals surface area contributed by atoms with Crippen LogP contribution in [0.25, 0.3) is 11.0 Å². The van der Waals surface area contributed by atoms with Gasteiger partial charge in [0.2, 0.25) is 0 Å². The number of fused-ring (bicyclic) bond motifs is 1. The molecule has 2 aromatic heterocycles. The number of hydrogen-bond acceptors (Lipinski definition) is 7. The molecule has 3 aromatic rings. The molecule has 3 heterocycles. The molecule has 4 rings (SSSR count). The fourth-order valence-electron chi connectivity index (χ4n) is 2.80. The molecule has 0 N–H and O–H groups in total. The van der Waals surface area contributed by atoms with Crippen molar-refractivity contribution in [3.05, 3.63) is 52.5 Å². The van der Waals surface area contributed by atoms with E-state index in [4.69, 9.17) is 4.42 Å². The minimum atomic E-state index is -0.256. The second-order valence-corrected chi connectivity index (χ2v) is 6.07. The largest absolute Gasteiger partial charge is 0.451 e. The Kier molecular flexibility index (Phi) is 3.73. The molecule has 0 aliphatic carbocycles. The van der Waals surface area contributed by atoms with Crippen molar-refractivity contribution in [2.75, 3.05) is 31.1 Å². The summed E-state index contributed by atoms with van der Waals surface area (Å²) in [6, 6.07) is 8.21. The number of hydrogen-bond donors (Lipinski definition) is 0. The highest BCUT2D eigenvalue weighted by Gasteiger charge is 2.25. The van der Waals surface area contributed by atoms with E-state index < -0.39 is 0 Å². The van der Waals surface area contributed by atoms with Gasteiger partial charge >= 0.3 is 0 Å². The van der Waals surface area contributed by atoms with E-state index in [-0.39, 0.29) is 17.1 Å². The zero-order valence-corrected chi connectivity index (χ0v) is 13.5. The maximum atomic E-state index is 12.6. The highest BCUT2D eigenvalue weighted by molar-refractivity contribution is 6.99. The smallest absolute Gasteiger partial charge is 0.289 e.